The van der Waals surface area contributed by atoms with Crippen molar-refractivity contribution in [2.45, 2.75) is 39.2 Å². The van der Waals surface area contributed by atoms with E-state index in [0.717, 1.165) is 24.4 Å². The predicted molar refractivity (Wildman–Crippen MR) is 74.8 cm³/mol. The molecule has 1 aromatic carbocycles. The molecule has 0 radical (unpaired) electrons. The van der Waals surface area contributed by atoms with Gasteiger partial charge in [0.2, 0.25) is 0 Å². The minimum absolute atomic E-state index is 0.0188. The Kier molecular flexibility index (Phi) is 3.90. The van der Waals surface area contributed by atoms with Crippen LogP contribution >= 0.6 is 0 Å². The van der Waals surface area contributed by atoms with Crippen molar-refractivity contribution in [1.29, 1.82) is 0 Å². The van der Waals surface area contributed by atoms with Crippen LogP contribution in [-0.4, -0.2) is 23.5 Å². The van der Waals surface area contributed by atoms with Crippen LogP contribution < -0.4 is 5.32 Å². The van der Waals surface area contributed by atoms with Gasteiger partial charge in [0.15, 0.2) is 0 Å². The largest absolute Gasteiger partial charge is 0.361 e. The zero-order chi connectivity index (χ0) is 14.0. The highest BCUT2D eigenvalue weighted by molar-refractivity contribution is 5.83. The number of hydrogen-bond donors (Lipinski definition) is 2. The SMILES string of the molecule is Cc1ccc2[nH]cc(CC(C)NCC(C)(F)F)c2c1. The Labute approximate surface area is 112 Å². The van der Waals surface area contributed by atoms with Crippen molar-refractivity contribution in [2.75, 3.05) is 6.54 Å². The Morgan fingerprint density at radius 1 is 1.37 bits per heavy atom. The lowest BCUT2D eigenvalue weighted by atomic mass is 10.0. The molecule has 2 aromatic rings. The van der Waals surface area contributed by atoms with Crippen LogP contribution in [0, 0.1) is 6.92 Å². The number of alkyl halides is 2. The van der Waals surface area contributed by atoms with E-state index in [1.54, 1.807) is 0 Å². The molecule has 0 aliphatic heterocycles. The molecule has 2 N–H and O–H groups in total. The lowest BCUT2D eigenvalue weighted by molar-refractivity contribution is 0.0204. The lowest BCUT2D eigenvalue weighted by Crippen LogP contribution is -2.37. The van der Waals surface area contributed by atoms with Crippen molar-refractivity contribution in [1.82, 2.24) is 10.3 Å². The number of rotatable bonds is 5. The number of aryl methyl sites for hydroxylation is 1. The van der Waals surface area contributed by atoms with Gasteiger partial charge in [-0.1, -0.05) is 11.6 Å². The van der Waals surface area contributed by atoms with Crippen molar-refractivity contribution in [3.63, 3.8) is 0 Å². The Hall–Kier alpha value is -1.42. The Balaban J connectivity index is 2.06. The Bertz CT molecular complexity index is 555. The van der Waals surface area contributed by atoms with Crippen molar-refractivity contribution < 1.29 is 8.78 Å². The summed E-state index contributed by atoms with van der Waals surface area (Å²) in [6.07, 6.45) is 2.70. The van der Waals surface area contributed by atoms with Crippen molar-refractivity contribution >= 4 is 10.9 Å². The van der Waals surface area contributed by atoms with Crippen LogP contribution in [0.2, 0.25) is 0 Å². The highest BCUT2D eigenvalue weighted by atomic mass is 19.3. The van der Waals surface area contributed by atoms with Gasteiger partial charge in [0, 0.05) is 30.1 Å². The summed E-state index contributed by atoms with van der Waals surface area (Å²) in [7, 11) is 0. The number of halogens is 2. The maximum Gasteiger partial charge on any atom is 0.257 e. The van der Waals surface area contributed by atoms with Gasteiger partial charge in [-0.05, 0) is 38.0 Å². The Morgan fingerprint density at radius 3 is 2.79 bits per heavy atom. The van der Waals surface area contributed by atoms with E-state index in [-0.39, 0.29) is 12.6 Å². The average Bonchev–Trinajstić information content (AvgIpc) is 2.68. The summed E-state index contributed by atoms with van der Waals surface area (Å²) < 4.78 is 25.6. The topological polar surface area (TPSA) is 27.8 Å². The van der Waals surface area contributed by atoms with E-state index < -0.39 is 5.92 Å². The van der Waals surface area contributed by atoms with Gasteiger partial charge in [0.05, 0.1) is 6.54 Å². The van der Waals surface area contributed by atoms with E-state index >= 15 is 0 Å². The molecule has 0 bridgehead atoms. The first-order chi connectivity index (χ1) is 8.85. The summed E-state index contributed by atoms with van der Waals surface area (Å²) in [5.74, 6) is -2.66. The maximum atomic E-state index is 12.8. The summed E-state index contributed by atoms with van der Waals surface area (Å²) >= 11 is 0. The highest BCUT2D eigenvalue weighted by Gasteiger charge is 2.21. The lowest BCUT2D eigenvalue weighted by Gasteiger charge is -2.17. The predicted octanol–water partition coefficient (Wildman–Crippen LogP) is 3.65. The van der Waals surface area contributed by atoms with E-state index in [2.05, 4.69) is 29.4 Å². The van der Waals surface area contributed by atoms with Gasteiger partial charge in [-0.2, -0.15) is 0 Å². The molecule has 104 valence electrons. The molecule has 0 aliphatic carbocycles. The zero-order valence-corrected chi connectivity index (χ0v) is 11.6. The molecule has 0 fully saturated rings. The fraction of sp³-hybridized carbons (Fsp3) is 0.467. The van der Waals surface area contributed by atoms with Crippen LogP contribution in [-0.2, 0) is 6.42 Å². The Morgan fingerprint density at radius 2 is 2.11 bits per heavy atom. The molecule has 0 amide bonds. The molecular formula is C15H20F2N2. The van der Waals surface area contributed by atoms with Gasteiger partial charge < -0.3 is 10.3 Å². The molecule has 0 spiro atoms. The molecule has 1 unspecified atom stereocenters. The number of nitrogens with one attached hydrogen (secondary N) is 2. The summed E-state index contributed by atoms with van der Waals surface area (Å²) in [5.41, 5.74) is 3.46. The monoisotopic (exact) mass is 266 g/mol. The number of fused-ring (bicyclic) bond motifs is 1. The first-order valence-electron chi connectivity index (χ1n) is 6.53. The summed E-state index contributed by atoms with van der Waals surface area (Å²) in [4.78, 5) is 3.22. The fourth-order valence-electron chi connectivity index (χ4n) is 2.22. The molecule has 1 atom stereocenters. The molecule has 1 aromatic heterocycles. The van der Waals surface area contributed by atoms with E-state index in [1.165, 1.54) is 10.9 Å². The summed E-state index contributed by atoms with van der Waals surface area (Å²) in [5, 5.41) is 4.05. The third-order valence-corrected chi connectivity index (χ3v) is 3.21. The quantitative estimate of drug-likeness (QED) is 0.849. The smallest absolute Gasteiger partial charge is 0.257 e. The minimum atomic E-state index is -2.66. The van der Waals surface area contributed by atoms with Gasteiger partial charge in [-0.3, -0.25) is 0 Å². The van der Waals surface area contributed by atoms with Crippen LogP contribution in [0.3, 0.4) is 0 Å². The molecule has 0 aliphatic rings. The molecule has 2 nitrogen and oxygen atoms in total. The third-order valence-electron chi connectivity index (χ3n) is 3.21. The normalized spacial score (nSPS) is 13.9. The molecule has 2 rings (SSSR count). The van der Waals surface area contributed by atoms with Crippen molar-refractivity contribution in [3.05, 3.63) is 35.5 Å². The summed E-state index contributed by atoms with van der Waals surface area (Å²) in [6, 6.07) is 6.25. The van der Waals surface area contributed by atoms with Crippen LogP contribution in [0.4, 0.5) is 8.78 Å². The third kappa shape index (κ3) is 3.77. The number of benzene rings is 1. The fourth-order valence-corrected chi connectivity index (χ4v) is 2.22. The highest BCUT2D eigenvalue weighted by Crippen LogP contribution is 2.21. The molecule has 0 saturated heterocycles. The number of aromatic amines is 1. The van der Waals surface area contributed by atoms with Gasteiger partial charge in [-0.15, -0.1) is 0 Å². The van der Waals surface area contributed by atoms with Crippen LogP contribution in [0.15, 0.2) is 24.4 Å². The van der Waals surface area contributed by atoms with Crippen LogP contribution in [0.1, 0.15) is 25.0 Å². The standard InChI is InChI=1S/C15H20F2N2/c1-10-4-5-14-13(6-10)12(8-18-14)7-11(2)19-9-15(3,16)17/h4-6,8,11,18-19H,7,9H2,1-3H3. The van der Waals surface area contributed by atoms with E-state index in [1.807, 2.05) is 19.2 Å². The first-order valence-corrected chi connectivity index (χ1v) is 6.53. The maximum absolute atomic E-state index is 12.8. The molecule has 4 heteroatoms. The number of aromatic nitrogens is 1. The van der Waals surface area contributed by atoms with Gasteiger partial charge in [-0.25, -0.2) is 8.78 Å². The molecule has 19 heavy (non-hydrogen) atoms. The van der Waals surface area contributed by atoms with Crippen LogP contribution in [0.25, 0.3) is 10.9 Å². The van der Waals surface area contributed by atoms with Crippen molar-refractivity contribution in [2.24, 2.45) is 0 Å². The second kappa shape index (κ2) is 5.29. The van der Waals surface area contributed by atoms with E-state index in [9.17, 15) is 8.78 Å². The van der Waals surface area contributed by atoms with Gasteiger partial charge in [0.1, 0.15) is 0 Å². The first kappa shape index (κ1) is 14.0. The van der Waals surface area contributed by atoms with Gasteiger partial charge >= 0.3 is 0 Å². The summed E-state index contributed by atoms with van der Waals surface area (Å²) in [6.45, 7) is 4.63. The van der Waals surface area contributed by atoms with Gasteiger partial charge in [0.25, 0.3) is 5.92 Å². The molecule has 0 saturated carbocycles. The van der Waals surface area contributed by atoms with E-state index in [0.29, 0.717) is 0 Å². The zero-order valence-electron chi connectivity index (χ0n) is 11.6. The second-order valence-corrected chi connectivity index (χ2v) is 5.42. The molecular weight excluding hydrogens is 246 g/mol. The number of H-pyrrole nitrogens is 1. The number of hydrogen-bond acceptors (Lipinski definition) is 1. The average molecular weight is 266 g/mol. The minimum Gasteiger partial charge on any atom is -0.361 e. The molecule has 1 heterocycles. The van der Waals surface area contributed by atoms with E-state index in [4.69, 9.17) is 0 Å². The van der Waals surface area contributed by atoms with Crippen LogP contribution in [0.5, 0.6) is 0 Å². The van der Waals surface area contributed by atoms with Crippen molar-refractivity contribution in [3.8, 4) is 0 Å². The second-order valence-electron chi connectivity index (χ2n) is 5.42.